The van der Waals surface area contributed by atoms with Crippen LogP contribution < -0.4 is 16.0 Å². The standard InChI is InChI=1S/C19H32N6O.HI/c1-20-18(26)15-16-8-13-25(14-9-16)19(21-2)24-12-6-5-11-23-17-7-3-4-10-22-17;/h3-4,7,10,16H,5-6,8-9,11-15H2,1-2H3,(H,20,26)(H,21,24)(H,22,23);1H. The number of rotatable bonds is 8. The summed E-state index contributed by atoms with van der Waals surface area (Å²) in [6.45, 7) is 3.75. The number of hydrogen-bond donors (Lipinski definition) is 3. The summed E-state index contributed by atoms with van der Waals surface area (Å²) in [5, 5.41) is 9.50. The van der Waals surface area contributed by atoms with E-state index >= 15 is 0 Å². The largest absolute Gasteiger partial charge is 0.370 e. The fourth-order valence-electron chi connectivity index (χ4n) is 3.18. The minimum atomic E-state index is 0. The van der Waals surface area contributed by atoms with Crippen molar-refractivity contribution in [1.82, 2.24) is 20.5 Å². The van der Waals surface area contributed by atoms with Crippen molar-refractivity contribution in [3.05, 3.63) is 24.4 Å². The predicted octanol–water partition coefficient (Wildman–Crippen LogP) is 2.32. The topological polar surface area (TPSA) is 81.7 Å². The molecule has 1 aliphatic heterocycles. The molecule has 1 aliphatic rings. The number of anilines is 1. The molecule has 8 heteroatoms. The van der Waals surface area contributed by atoms with E-state index in [2.05, 4.69) is 30.8 Å². The van der Waals surface area contributed by atoms with Gasteiger partial charge >= 0.3 is 0 Å². The summed E-state index contributed by atoms with van der Waals surface area (Å²) >= 11 is 0. The highest BCUT2D eigenvalue weighted by molar-refractivity contribution is 14.0. The van der Waals surface area contributed by atoms with Crippen LogP contribution in [-0.2, 0) is 4.79 Å². The van der Waals surface area contributed by atoms with Crippen LogP contribution in [0.25, 0.3) is 0 Å². The average Bonchev–Trinajstić information content (AvgIpc) is 2.69. The maximum atomic E-state index is 11.5. The first kappa shape index (κ1) is 23.5. The van der Waals surface area contributed by atoms with E-state index in [1.807, 2.05) is 25.2 Å². The van der Waals surface area contributed by atoms with Gasteiger partial charge in [-0.2, -0.15) is 0 Å². The molecule has 0 radical (unpaired) electrons. The molecular weight excluding hydrogens is 455 g/mol. The van der Waals surface area contributed by atoms with Crippen molar-refractivity contribution in [2.24, 2.45) is 10.9 Å². The molecule has 1 amide bonds. The minimum absolute atomic E-state index is 0. The molecule has 0 unspecified atom stereocenters. The van der Waals surface area contributed by atoms with Gasteiger partial charge in [0.05, 0.1) is 0 Å². The molecule has 1 aromatic rings. The fraction of sp³-hybridized carbons (Fsp3) is 0.632. The molecule has 0 saturated carbocycles. The second-order valence-corrected chi connectivity index (χ2v) is 6.63. The number of likely N-dealkylation sites (tertiary alicyclic amines) is 1. The van der Waals surface area contributed by atoms with Gasteiger partial charge < -0.3 is 20.9 Å². The molecular formula is C19H33IN6O. The van der Waals surface area contributed by atoms with Crippen LogP contribution in [0.1, 0.15) is 32.1 Å². The van der Waals surface area contributed by atoms with Crippen LogP contribution in [0, 0.1) is 5.92 Å². The second-order valence-electron chi connectivity index (χ2n) is 6.63. The van der Waals surface area contributed by atoms with Crippen LogP contribution in [0.3, 0.4) is 0 Å². The molecule has 2 rings (SSSR count). The van der Waals surface area contributed by atoms with Crippen LogP contribution in [0.2, 0.25) is 0 Å². The third kappa shape index (κ3) is 8.77. The molecule has 2 heterocycles. The zero-order valence-electron chi connectivity index (χ0n) is 16.4. The lowest BCUT2D eigenvalue weighted by molar-refractivity contribution is -0.121. The quantitative estimate of drug-likeness (QED) is 0.227. The Hall–Kier alpha value is -1.58. The highest BCUT2D eigenvalue weighted by atomic mass is 127. The Balaban J connectivity index is 0.00000364. The number of aromatic nitrogens is 1. The highest BCUT2D eigenvalue weighted by Gasteiger charge is 2.22. The van der Waals surface area contributed by atoms with E-state index < -0.39 is 0 Å². The number of piperidine rings is 1. The van der Waals surface area contributed by atoms with E-state index in [0.717, 1.165) is 63.6 Å². The van der Waals surface area contributed by atoms with Crippen molar-refractivity contribution in [1.29, 1.82) is 0 Å². The maximum Gasteiger partial charge on any atom is 0.220 e. The summed E-state index contributed by atoms with van der Waals surface area (Å²) in [5.41, 5.74) is 0. The Morgan fingerprint density at radius 2 is 2.00 bits per heavy atom. The van der Waals surface area contributed by atoms with Gasteiger partial charge in [-0.15, -0.1) is 24.0 Å². The molecule has 1 saturated heterocycles. The Labute approximate surface area is 179 Å². The lowest BCUT2D eigenvalue weighted by Crippen LogP contribution is -2.46. The Morgan fingerprint density at radius 1 is 1.26 bits per heavy atom. The van der Waals surface area contributed by atoms with Gasteiger partial charge in [-0.3, -0.25) is 9.79 Å². The van der Waals surface area contributed by atoms with Crippen LogP contribution in [0.15, 0.2) is 29.4 Å². The lowest BCUT2D eigenvalue weighted by Gasteiger charge is -2.34. The summed E-state index contributed by atoms with van der Waals surface area (Å²) in [6.07, 6.45) is 6.68. The molecule has 0 atom stereocenters. The first-order valence-corrected chi connectivity index (χ1v) is 9.54. The molecule has 152 valence electrons. The van der Waals surface area contributed by atoms with Gasteiger partial charge in [0.15, 0.2) is 5.96 Å². The Morgan fingerprint density at radius 3 is 2.63 bits per heavy atom. The Kier molecular flexibility index (Phi) is 11.8. The van der Waals surface area contributed by atoms with Gasteiger partial charge in [-0.1, -0.05) is 6.07 Å². The molecule has 0 aliphatic carbocycles. The number of nitrogens with one attached hydrogen (secondary N) is 3. The molecule has 1 fully saturated rings. The van der Waals surface area contributed by atoms with Gasteiger partial charge in [0.25, 0.3) is 0 Å². The molecule has 0 aromatic carbocycles. The second kappa shape index (κ2) is 13.6. The number of aliphatic imine (C=N–C) groups is 1. The molecule has 0 bridgehead atoms. The van der Waals surface area contributed by atoms with Crippen molar-refractivity contribution >= 4 is 41.7 Å². The molecule has 3 N–H and O–H groups in total. The van der Waals surface area contributed by atoms with Crippen LogP contribution in [-0.4, -0.2) is 62.0 Å². The maximum absolute atomic E-state index is 11.5. The molecule has 7 nitrogen and oxygen atoms in total. The van der Waals surface area contributed by atoms with Gasteiger partial charge in [0, 0.05) is 52.9 Å². The summed E-state index contributed by atoms with van der Waals surface area (Å²) in [6, 6.07) is 5.88. The summed E-state index contributed by atoms with van der Waals surface area (Å²) in [7, 11) is 3.54. The third-order valence-corrected chi connectivity index (χ3v) is 4.74. The number of amides is 1. The number of carbonyl (C=O) groups is 1. The number of nitrogens with zero attached hydrogens (tertiary/aromatic N) is 3. The van der Waals surface area contributed by atoms with Crippen LogP contribution in [0.4, 0.5) is 5.82 Å². The predicted molar refractivity (Wildman–Crippen MR) is 122 cm³/mol. The number of pyridine rings is 1. The van der Waals surface area contributed by atoms with Crippen LogP contribution in [0.5, 0.6) is 0 Å². The number of hydrogen-bond acceptors (Lipinski definition) is 4. The fourth-order valence-corrected chi connectivity index (χ4v) is 3.18. The molecule has 1 aromatic heterocycles. The van der Waals surface area contributed by atoms with Crippen molar-refractivity contribution in [2.45, 2.75) is 32.1 Å². The van der Waals surface area contributed by atoms with Crippen LogP contribution >= 0.6 is 24.0 Å². The van der Waals surface area contributed by atoms with Gasteiger partial charge in [-0.05, 0) is 43.7 Å². The van der Waals surface area contributed by atoms with E-state index in [0.29, 0.717) is 12.3 Å². The highest BCUT2D eigenvalue weighted by Crippen LogP contribution is 2.20. The molecule has 27 heavy (non-hydrogen) atoms. The molecule has 0 spiro atoms. The zero-order chi connectivity index (χ0) is 18.6. The monoisotopic (exact) mass is 488 g/mol. The summed E-state index contributed by atoms with van der Waals surface area (Å²) in [4.78, 5) is 22.5. The SMILES string of the molecule is CN=C(NCCCCNc1ccccn1)N1CCC(CC(=O)NC)CC1.I. The first-order valence-electron chi connectivity index (χ1n) is 9.54. The lowest BCUT2D eigenvalue weighted by atomic mass is 9.93. The number of halogens is 1. The van der Waals surface area contributed by atoms with E-state index in [1.54, 1.807) is 13.2 Å². The summed E-state index contributed by atoms with van der Waals surface area (Å²) in [5.74, 6) is 2.53. The van der Waals surface area contributed by atoms with Crippen molar-refractivity contribution in [3.8, 4) is 0 Å². The van der Waals surface area contributed by atoms with Gasteiger partial charge in [0.2, 0.25) is 5.91 Å². The van der Waals surface area contributed by atoms with E-state index in [9.17, 15) is 4.79 Å². The van der Waals surface area contributed by atoms with Crippen molar-refractivity contribution < 1.29 is 4.79 Å². The normalized spacial score (nSPS) is 15.0. The Bertz CT molecular complexity index is 561. The minimum Gasteiger partial charge on any atom is -0.370 e. The van der Waals surface area contributed by atoms with Gasteiger partial charge in [-0.25, -0.2) is 4.98 Å². The van der Waals surface area contributed by atoms with Crippen molar-refractivity contribution in [3.63, 3.8) is 0 Å². The summed E-state index contributed by atoms with van der Waals surface area (Å²) < 4.78 is 0. The number of carbonyl (C=O) groups excluding carboxylic acids is 1. The van der Waals surface area contributed by atoms with E-state index in [4.69, 9.17) is 0 Å². The third-order valence-electron chi connectivity index (χ3n) is 4.74. The zero-order valence-corrected chi connectivity index (χ0v) is 18.7. The van der Waals surface area contributed by atoms with E-state index in [1.165, 1.54) is 0 Å². The van der Waals surface area contributed by atoms with Crippen molar-refractivity contribution in [2.75, 3.05) is 45.6 Å². The van der Waals surface area contributed by atoms with Gasteiger partial charge in [0.1, 0.15) is 5.82 Å². The van der Waals surface area contributed by atoms with E-state index in [-0.39, 0.29) is 29.9 Å². The number of guanidine groups is 1. The average molecular weight is 488 g/mol. The smallest absolute Gasteiger partial charge is 0.220 e. The first-order chi connectivity index (χ1) is 12.7. The number of unbranched alkanes of at least 4 members (excludes halogenated alkanes) is 1.